The number of esters is 1. The lowest BCUT2D eigenvalue weighted by Gasteiger charge is -2.17. The Hall–Kier alpha value is -4.37. The molecule has 0 aliphatic heterocycles. The van der Waals surface area contributed by atoms with Gasteiger partial charge >= 0.3 is 5.97 Å². The Kier molecular flexibility index (Phi) is 9.39. The second kappa shape index (κ2) is 13.1. The quantitative estimate of drug-likeness (QED) is 0.234. The fraction of sp³-hybridized carbons (Fsp3) is 0.0625. The summed E-state index contributed by atoms with van der Waals surface area (Å²) >= 11 is 0. The smallest absolute Gasteiger partial charge is 0.338 e. The van der Waals surface area contributed by atoms with Crippen LogP contribution in [0.1, 0.15) is 17.3 Å². The van der Waals surface area contributed by atoms with Crippen molar-refractivity contribution < 1.29 is 43.0 Å². The molecule has 0 aliphatic rings. The van der Waals surface area contributed by atoms with E-state index in [0.717, 1.165) is 39.3 Å². The van der Waals surface area contributed by atoms with Crippen LogP contribution in [0.5, 0.6) is 0 Å². The Morgan fingerprint density at radius 3 is 1.43 bits per heavy atom. The van der Waals surface area contributed by atoms with Gasteiger partial charge in [0.2, 0.25) is 17.1 Å². The lowest BCUT2D eigenvalue weighted by atomic mass is 9.98. The third-order valence-electron chi connectivity index (χ3n) is 5.95. The van der Waals surface area contributed by atoms with Crippen molar-refractivity contribution in [3.63, 3.8) is 0 Å². The van der Waals surface area contributed by atoms with E-state index in [1.54, 1.807) is 0 Å². The number of hydrogen-bond donors (Lipinski definition) is 0. The highest BCUT2D eigenvalue weighted by atomic mass is 35.7. The van der Waals surface area contributed by atoms with Gasteiger partial charge in [-0.3, -0.25) is 0 Å². The number of carbonyl (C=O) groups excluding carboxylic acids is 1. The van der Waals surface area contributed by atoms with Gasteiger partial charge in [0.15, 0.2) is 0 Å². The predicted octanol–water partition coefficient (Wildman–Crippen LogP) is 2.39. The molecule has 0 atom stereocenters. The minimum atomic E-state index is -4.94. The van der Waals surface area contributed by atoms with Crippen LogP contribution >= 0.6 is 0 Å². The first-order chi connectivity index (χ1) is 19.2. The number of hydrogen-bond acceptors (Lipinski definition) is 6. The van der Waals surface area contributed by atoms with Crippen LogP contribution < -0.4 is 23.2 Å². The summed E-state index contributed by atoms with van der Waals surface area (Å²) in [7, 11) is -4.94. The molecule has 0 bridgehead atoms. The summed E-state index contributed by atoms with van der Waals surface area (Å²) in [5.74, 6) is -0.310. The van der Waals surface area contributed by atoms with Crippen LogP contribution in [0.3, 0.4) is 0 Å². The fourth-order valence-corrected chi connectivity index (χ4v) is 4.27. The molecule has 0 amide bonds. The van der Waals surface area contributed by atoms with Gasteiger partial charge in [-0.1, -0.05) is 66.7 Å². The SMILES string of the molecule is CCOC(=O)c1ccc(-[n+]2c(-c3ccccc3)cc(-c3ccccc3)cc2-c2ccccc2)cc1.[O-][Cl+3]([O-])([O-])[O-]. The molecule has 0 saturated heterocycles. The lowest BCUT2D eigenvalue weighted by Crippen LogP contribution is -2.68. The summed E-state index contributed by atoms with van der Waals surface area (Å²) in [4.78, 5) is 12.2. The fourth-order valence-electron chi connectivity index (χ4n) is 4.27. The van der Waals surface area contributed by atoms with Crippen molar-refractivity contribution in [2.75, 3.05) is 6.61 Å². The topological polar surface area (TPSA) is 122 Å². The summed E-state index contributed by atoms with van der Waals surface area (Å²) < 4.78 is 41.4. The molecule has 8 heteroatoms. The van der Waals surface area contributed by atoms with E-state index >= 15 is 0 Å². The second-order valence-electron chi connectivity index (χ2n) is 8.59. The van der Waals surface area contributed by atoms with E-state index < -0.39 is 10.2 Å². The molecule has 40 heavy (non-hydrogen) atoms. The normalized spacial score (nSPS) is 10.8. The maximum absolute atomic E-state index is 12.2. The molecular weight excluding hydrogens is 530 g/mol. The highest BCUT2D eigenvalue weighted by Gasteiger charge is 2.25. The first-order valence-electron chi connectivity index (χ1n) is 12.4. The van der Waals surface area contributed by atoms with E-state index in [1.165, 1.54) is 0 Å². The van der Waals surface area contributed by atoms with E-state index in [4.69, 9.17) is 23.4 Å². The number of nitrogens with zero attached hydrogens (tertiary/aromatic N) is 1. The Morgan fingerprint density at radius 1 is 0.625 bits per heavy atom. The van der Waals surface area contributed by atoms with Crippen molar-refractivity contribution in [1.29, 1.82) is 0 Å². The minimum absolute atomic E-state index is 0.310. The highest BCUT2D eigenvalue weighted by Crippen LogP contribution is 2.30. The number of halogens is 1. The first kappa shape index (κ1) is 28.6. The van der Waals surface area contributed by atoms with Crippen molar-refractivity contribution in [3.8, 4) is 39.3 Å². The molecule has 4 aromatic carbocycles. The molecule has 0 unspecified atom stereocenters. The highest BCUT2D eigenvalue weighted by molar-refractivity contribution is 5.89. The van der Waals surface area contributed by atoms with Crippen molar-refractivity contribution in [3.05, 3.63) is 133 Å². The molecular formula is C32H26ClNO6. The molecule has 202 valence electrons. The number of rotatable bonds is 6. The first-order valence-corrected chi connectivity index (χ1v) is 13.6. The molecule has 5 aromatic rings. The summed E-state index contributed by atoms with van der Waals surface area (Å²) in [6, 6.07) is 43.3. The Bertz CT molecular complexity index is 1470. The summed E-state index contributed by atoms with van der Waals surface area (Å²) in [6.45, 7) is 2.17. The lowest BCUT2D eigenvalue weighted by molar-refractivity contribution is -2.00. The van der Waals surface area contributed by atoms with E-state index in [1.807, 2.05) is 49.4 Å². The average molecular weight is 556 g/mol. The number of benzene rings is 4. The molecule has 7 nitrogen and oxygen atoms in total. The van der Waals surface area contributed by atoms with Crippen LogP contribution in [0.15, 0.2) is 127 Å². The zero-order valence-corrected chi connectivity index (χ0v) is 22.4. The largest absolute Gasteiger partial charge is 0.462 e. The van der Waals surface area contributed by atoms with Crippen LogP contribution in [0, 0.1) is 10.2 Å². The van der Waals surface area contributed by atoms with E-state index in [2.05, 4.69) is 89.5 Å². The molecule has 0 spiro atoms. The second-order valence-corrected chi connectivity index (χ2v) is 9.35. The molecule has 0 fully saturated rings. The van der Waals surface area contributed by atoms with Gasteiger partial charge in [0.1, 0.15) is 0 Å². The van der Waals surface area contributed by atoms with Crippen LogP contribution in [-0.4, -0.2) is 12.6 Å². The zero-order valence-electron chi connectivity index (χ0n) is 21.6. The number of aromatic nitrogens is 1. The van der Waals surface area contributed by atoms with E-state index in [0.29, 0.717) is 12.2 Å². The van der Waals surface area contributed by atoms with Gasteiger partial charge in [-0.15, -0.1) is 10.2 Å². The third kappa shape index (κ3) is 7.60. The van der Waals surface area contributed by atoms with Gasteiger partial charge in [-0.25, -0.2) is 23.4 Å². The molecule has 1 aromatic heterocycles. The maximum atomic E-state index is 12.2. The summed E-state index contributed by atoms with van der Waals surface area (Å²) in [5, 5.41) is 0. The molecule has 1 heterocycles. The van der Waals surface area contributed by atoms with E-state index in [9.17, 15) is 4.79 Å². The predicted molar refractivity (Wildman–Crippen MR) is 140 cm³/mol. The van der Waals surface area contributed by atoms with Gasteiger partial charge in [-0.05, 0) is 54.4 Å². The van der Waals surface area contributed by atoms with Crippen LogP contribution in [0.25, 0.3) is 39.3 Å². The minimum Gasteiger partial charge on any atom is -0.462 e. The molecule has 5 rings (SSSR count). The van der Waals surface area contributed by atoms with Crippen LogP contribution in [0.2, 0.25) is 0 Å². The number of ether oxygens (including phenoxy) is 1. The monoisotopic (exact) mass is 555 g/mol. The van der Waals surface area contributed by atoms with Gasteiger partial charge in [-0.2, -0.15) is 4.57 Å². The standard InChI is InChI=1S/C32H26NO2.ClHO4/c1-2-35-32(34)27-18-20-29(21-19-27)33-30(25-14-8-4-9-15-25)22-28(24-12-6-3-7-13-24)23-31(33)26-16-10-5-11-17-26;2-1(3,4)5/h3-23H,2H2,1H3;(H,2,3,4,5)/q+1;/p-1. The van der Waals surface area contributed by atoms with Crippen LogP contribution in [-0.2, 0) is 4.74 Å². The van der Waals surface area contributed by atoms with Gasteiger partial charge in [0, 0.05) is 35.4 Å². The molecule has 0 N–H and O–H groups in total. The maximum Gasteiger partial charge on any atom is 0.338 e. The Labute approximate surface area is 234 Å². The molecule has 0 radical (unpaired) electrons. The third-order valence-corrected chi connectivity index (χ3v) is 5.95. The summed E-state index contributed by atoms with van der Waals surface area (Å²) in [5.41, 5.74) is 8.16. The van der Waals surface area contributed by atoms with E-state index in [-0.39, 0.29) is 5.97 Å². The molecule has 0 aliphatic carbocycles. The van der Waals surface area contributed by atoms with Crippen LogP contribution in [0.4, 0.5) is 0 Å². The Morgan fingerprint density at radius 2 is 1.02 bits per heavy atom. The van der Waals surface area contributed by atoms with Crippen molar-refractivity contribution >= 4 is 5.97 Å². The van der Waals surface area contributed by atoms with Crippen molar-refractivity contribution in [1.82, 2.24) is 0 Å². The summed E-state index contributed by atoms with van der Waals surface area (Å²) in [6.07, 6.45) is 0. The van der Waals surface area contributed by atoms with Gasteiger partial charge < -0.3 is 4.74 Å². The Balaban J connectivity index is 0.000000681. The average Bonchev–Trinajstić information content (AvgIpc) is 2.97. The van der Waals surface area contributed by atoms with Crippen molar-refractivity contribution in [2.24, 2.45) is 0 Å². The molecule has 0 saturated carbocycles. The number of pyridine rings is 1. The van der Waals surface area contributed by atoms with Gasteiger partial charge in [0.05, 0.1) is 12.2 Å². The zero-order chi connectivity index (χ0) is 28.5. The van der Waals surface area contributed by atoms with Gasteiger partial charge in [0.25, 0.3) is 0 Å². The van der Waals surface area contributed by atoms with Crippen molar-refractivity contribution in [2.45, 2.75) is 6.92 Å². The number of carbonyl (C=O) groups is 1.